The molecule has 5 rings (SSSR count). The lowest BCUT2D eigenvalue weighted by molar-refractivity contribution is 0.00353. The van der Waals surface area contributed by atoms with E-state index in [9.17, 15) is 8.78 Å². The van der Waals surface area contributed by atoms with Gasteiger partial charge in [-0.2, -0.15) is 0 Å². The van der Waals surface area contributed by atoms with Gasteiger partial charge in [0.2, 0.25) is 6.43 Å². The Morgan fingerprint density at radius 1 is 1.06 bits per heavy atom. The summed E-state index contributed by atoms with van der Waals surface area (Å²) in [5.74, 6) is 3.10. The summed E-state index contributed by atoms with van der Waals surface area (Å²) in [5, 5.41) is 0. The van der Waals surface area contributed by atoms with Crippen LogP contribution in [0.5, 0.6) is 5.75 Å². The summed E-state index contributed by atoms with van der Waals surface area (Å²) in [4.78, 5) is 0. The Morgan fingerprint density at radius 2 is 1.88 bits per heavy atom. The molecular formula is C29H36F2O. The summed E-state index contributed by atoms with van der Waals surface area (Å²) >= 11 is 0. The fraction of sp³-hybridized carbons (Fsp3) is 0.586. The van der Waals surface area contributed by atoms with Gasteiger partial charge in [0.05, 0.1) is 0 Å². The van der Waals surface area contributed by atoms with Gasteiger partial charge in [0.1, 0.15) is 12.4 Å². The van der Waals surface area contributed by atoms with E-state index in [1.165, 1.54) is 28.7 Å². The highest BCUT2D eigenvalue weighted by Gasteiger charge is 2.54. The number of halogens is 2. The first-order chi connectivity index (χ1) is 15.5. The van der Waals surface area contributed by atoms with Crippen molar-refractivity contribution in [3.8, 4) is 5.75 Å². The second-order valence-corrected chi connectivity index (χ2v) is 10.6. The van der Waals surface area contributed by atoms with Crippen molar-refractivity contribution in [3.63, 3.8) is 0 Å². The molecule has 2 aromatic carbocycles. The molecule has 5 atom stereocenters. The van der Waals surface area contributed by atoms with Gasteiger partial charge < -0.3 is 4.74 Å². The Kier molecular flexibility index (Phi) is 6.03. The molecule has 0 radical (unpaired) electrons. The van der Waals surface area contributed by atoms with Gasteiger partial charge in [-0.25, -0.2) is 8.78 Å². The molecular weight excluding hydrogens is 402 g/mol. The smallest absolute Gasteiger partial charge is 0.238 e. The molecule has 32 heavy (non-hydrogen) atoms. The molecule has 0 amide bonds. The molecule has 172 valence electrons. The molecule has 0 N–H and O–H groups in total. The van der Waals surface area contributed by atoms with Crippen molar-refractivity contribution in [3.05, 3.63) is 64.7 Å². The van der Waals surface area contributed by atoms with E-state index in [1.54, 1.807) is 0 Å². The maximum Gasteiger partial charge on any atom is 0.238 e. The lowest BCUT2D eigenvalue weighted by Crippen LogP contribution is -2.42. The van der Waals surface area contributed by atoms with Crippen LogP contribution in [0.2, 0.25) is 0 Å². The predicted molar refractivity (Wildman–Crippen MR) is 125 cm³/mol. The van der Waals surface area contributed by atoms with E-state index in [0.717, 1.165) is 44.3 Å². The van der Waals surface area contributed by atoms with Crippen LogP contribution >= 0.6 is 0 Å². The largest absolute Gasteiger partial charge is 0.489 e. The van der Waals surface area contributed by atoms with Crippen molar-refractivity contribution in [1.29, 1.82) is 0 Å². The quantitative estimate of drug-likeness (QED) is 0.444. The zero-order valence-electron chi connectivity index (χ0n) is 19.5. The molecule has 0 saturated heterocycles. The molecule has 5 unspecified atom stereocenters. The van der Waals surface area contributed by atoms with Gasteiger partial charge in [0.15, 0.2) is 0 Å². The third-order valence-corrected chi connectivity index (χ3v) is 9.18. The third-order valence-electron chi connectivity index (χ3n) is 9.18. The average molecular weight is 439 g/mol. The minimum absolute atomic E-state index is 0.100. The molecule has 2 saturated carbocycles. The zero-order valence-corrected chi connectivity index (χ0v) is 19.5. The predicted octanol–water partition coefficient (Wildman–Crippen LogP) is 7.96. The molecule has 0 bridgehead atoms. The van der Waals surface area contributed by atoms with Gasteiger partial charge in [0, 0.05) is 6.42 Å². The molecule has 0 spiro atoms. The third kappa shape index (κ3) is 3.86. The van der Waals surface area contributed by atoms with E-state index in [2.05, 4.69) is 50.2 Å². The Balaban J connectivity index is 1.38. The van der Waals surface area contributed by atoms with Crippen molar-refractivity contribution >= 4 is 0 Å². The van der Waals surface area contributed by atoms with Gasteiger partial charge in [0.25, 0.3) is 0 Å². The fourth-order valence-electron chi connectivity index (χ4n) is 7.50. The second kappa shape index (κ2) is 8.80. The summed E-state index contributed by atoms with van der Waals surface area (Å²) in [6.45, 7) is 5.15. The molecule has 0 aromatic heterocycles. The Hall–Kier alpha value is -1.90. The highest BCUT2D eigenvalue weighted by Crippen LogP contribution is 2.64. The van der Waals surface area contributed by atoms with E-state index in [4.69, 9.17) is 4.74 Å². The number of fused-ring (bicyclic) bond motifs is 5. The first-order valence-corrected chi connectivity index (χ1v) is 12.6. The summed E-state index contributed by atoms with van der Waals surface area (Å²) in [5.41, 5.74) is 5.59. The van der Waals surface area contributed by atoms with Crippen LogP contribution < -0.4 is 4.74 Å². The number of hydrogen-bond donors (Lipinski definition) is 0. The fourth-order valence-corrected chi connectivity index (χ4v) is 7.50. The zero-order chi connectivity index (χ0) is 22.3. The molecule has 2 fully saturated rings. The number of ether oxygens (including phenoxy) is 1. The summed E-state index contributed by atoms with van der Waals surface area (Å²) in [6, 6.07) is 15.1. The van der Waals surface area contributed by atoms with Crippen molar-refractivity contribution in [2.45, 2.75) is 84.2 Å². The van der Waals surface area contributed by atoms with Crippen LogP contribution in [0.1, 0.15) is 80.5 Å². The van der Waals surface area contributed by atoms with E-state index < -0.39 is 6.43 Å². The summed E-state index contributed by atoms with van der Waals surface area (Å²) in [6.07, 6.45) is 5.58. The van der Waals surface area contributed by atoms with Gasteiger partial charge in [-0.15, -0.1) is 0 Å². The number of benzene rings is 2. The van der Waals surface area contributed by atoms with Crippen molar-refractivity contribution in [2.24, 2.45) is 23.2 Å². The van der Waals surface area contributed by atoms with Crippen molar-refractivity contribution in [1.82, 2.24) is 0 Å². The summed E-state index contributed by atoms with van der Waals surface area (Å²) < 4.78 is 32.7. The van der Waals surface area contributed by atoms with Crippen LogP contribution in [0.25, 0.3) is 0 Å². The SMILES string of the molecule is CCc1cc2c(cc1OCc1ccccc1)CCC1C2CCC2(C)C(CC(F)F)CCC12. The van der Waals surface area contributed by atoms with Crippen LogP contribution in [0, 0.1) is 23.2 Å². The minimum Gasteiger partial charge on any atom is -0.489 e. The Morgan fingerprint density at radius 3 is 2.62 bits per heavy atom. The number of alkyl halides is 2. The first kappa shape index (κ1) is 21.9. The van der Waals surface area contributed by atoms with Crippen molar-refractivity contribution in [2.75, 3.05) is 0 Å². The van der Waals surface area contributed by atoms with E-state index in [1.807, 2.05) is 6.07 Å². The molecule has 2 aromatic rings. The molecule has 3 aliphatic rings. The first-order valence-electron chi connectivity index (χ1n) is 12.6. The van der Waals surface area contributed by atoms with Gasteiger partial charge in [-0.05, 0) is 102 Å². The molecule has 0 aliphatic heterocycles. The second-order valence-electron chi connectivity index (χ2n) is 10.6. The highest BCUT2D eigenvalue weighted by molar-refractivity contribution is 5.46. The monoisotopic (exact) mass is 438 g/mol. The van der Waals surface area contributed by atoms with Crippen LogP contribution in [0.4, 0.5) is 8.78 Å². The maximum absolute atomic E-state index is 13.2. The van der Waals surface area contributed by atoms with Crippen LogP contribution in [0.15, 0.2) is 42.5 Å². The number of hydrogen-bond acceptors (Lipinski definition) is 1. The normalized spacial score (nSPS) is 31.2. The molecule has 0 heterocycles. The standard InChI is InChI=1S/C29H36F2O/c1-3-20-15-25-21(16-27(20)32-18-19-7-5-4-6-8-19)9-11-24-23(25)13-14-29(2)22(17-28(30)31)10-12-26(24)29/h4-8,15-16,22-24,26,28H,3,9-14,17-18H2,1-2H3. The Bertz CT molecular complexity index is 940. The van der Waals surface area contributed by atoms with Crippen LogP contribution in [-0.4, -0.2) is 6.43 Å². The molecule has 3 aliphatic carbocycles. The van der Waals surface area contributed by atoms with Gasteiger partial charge in [-0.3, -0.25) is 0 Å². The lowest BCUT2D eigenvalue weighted by Gasteiger charge is -2.51. The molecule has 1 nitrogen and oxygen atoms in total. The van der Waals surface area contributed by atoms with E-state index in [0.29, 0.717) is 24.4 Å². The van der Waals surface area contributed by atoms with Crippen molar-refractivity contribution < 1.29 is 13.5 Å². The lowest BCUT2D eigenvalue weighted by atomic mass is 9.54. The van der Waals surface area contributed by atoms with Gasteiger partial charge >= 0.3 is 0 Å². The number of rotatable bonds is 6. The minimum atomic E-state index is -2.17. The van der Waals surface area contributed by atoms with E-state index >= 15 is 0 Å². The molecule has 3 heteroatoms. The highest BCUT2D eigenvalue weighted by atomic mass is 19.3. The van der Waals surface area contributed by atoms with E-state index in [-0.39, 0.29) is 17.8 Å². The summed E-state index contributed by atoms with van der Waals surface area (Å²) in [7, 11) is 0. The van der Waals surface area contributed by atoms with Gasteiger partial charge in [-0.1, -0.05) is 50.2 Å². The average Bonchev–Trinajstić information content (AvgIpc) is 3.13. The van der Waals surface area contributed by atoms with Crippen LogP contribution in [0.3, 0.4) is 0 Å². The maximum atomic E-state index is 13.2. The van der Waals surface area contributed by atoms with Crippen LogP contribution in [-0.2, 0) is 19.4 Å². The topological polar surface area (TPSA) is 9.23 Å². The Labute approximate surface area is 191 Å². The number of aryl methyl sites for hydroxylation is 2.